The number of ether oxygens (including phenoxy) is 2. The highest BCUT2D eigenvalue weighted by Crippen LogP contribution is 2.67. The van der Waals surface area contributed by atoms with Crippen LogP contribution in [0.1, 0.15) is 38.5 Å². The Morgan fingerprint density at radius 2 is 1.70 bits per heavy atom. The van der Waals surface area contributed by atoms with Gasteiger partial charge in [-0.25, -0.2) is 0 Å². The van der Waals surface area contributed by atoms with Gasteiger partial charge in [-0.15, -0.1) is 0 Å². The third-order valence-corrected chi connectivity index (χ3v) is 7.00. The zero-order valence-electron chi connectivity index (χ0n) is 12.4. The Labute approximate surface area is 132 Å². The van der Waals surface area contributed by atoms with Crippen LogP contribution in [0.25, 0.3) is 0 Å². The molecule has 132 valence electrons. The van der Waals surface area contributed by atoms with Gasteiger partial charge < -0.3 is 14.6 Å². The van der Waals surface area contributed by atoms with Crippen LogP contribution in [0.5, 0.6) is 0 Å². The van der Waals surface area contributed by atoms with Gasteiger partial charge in [0.05, 0.1) is 0 Å². The lowest BCUT2D eigenvalue weighted by atomic mass is 9.44. The molecule has 1 heterocycles. The zero-order chi connectivity index (χ0) is 16.7. The Morgan fingerprint density at radius 3 is 2.17 bits per heavy atom. The fourth-order valence-electron chi connectivity index (χ4n) is 5.78. The fourth-order valence-corrected chi connectivity index (χ4v) is 6.12. The van der Waals surface area contributed by atoms with Crippen molar-refractivity contribution in [1.82, 2.24) is 0 Å². The lowest BCUT2D eigenvalue weighted by molar-refractivity contribution is -0.460. The second-order valence-electron chi connectivity index (χ2n) is 7.92. The number of aliphatic hydroxyl groups excluding tert-OH is 1. The van der Waals surface area contributed by atoms with E-state index in [1.807, 2.05) is 0 Å². The van der Waals surface area contributed by atoms with Gasteiger partial charge >= 0.3 is 15.5 Å². The fraction of sp³-hybridized carbons (Fsp3) is 1.00. The second kappa shape index (κ2) is 4.62. The van der Waals surface area contributed by atoms with Crippen molar-refractivity contribution in [3.63, 3.8) is 0 Å². The van der Waals surface area contributed by atoms with Crippen molar-refractivity contribution in [2.75, 3.05) is 6.61 Å². The molecule has 2 atom stereocenters. The first kappa shape index (κ1) is 16.1. The zero-order valence-corrected chi connectivity index (χ0v) is 13.2. The number of aliphatic hydroxyl groups is 1. The van der Waals surface area contributed by atoms with Gasteiger partial charge in [0.25, 0.3) is 0 Å². The summed E-state index contributed by atoms with van der Waals surface area (Å²) in [5.74, 6) is 0.806. The maximum absolute atomic E-state index is 13.4. The van der Waals surface area contributed by atoms with Crippen molar-refractivity contribution in [3.05, 3.63) is 0 Å². The van der Waals surface area contributed by atoms with Crippen molar-refractivity contribution in [1.29, 1.82) is 0 Å². The van der Waals surface area contributed by atoms with E-state index in [1.54, 1.807) is 0 Å². The van der Waals surface area contributed by atoms with Crippen LogP contribution in [-0.2, 0) is 19.7 Å². The molecule has 4 aliphatic carbocycles. The minimum atomic E-state index is -6.08. The Hall–Kier alpha value is -0.380. The molecule has 1 N–H and O–H groups in total. The van der Waals surface area contributed by atoms with Crippen LogP contribution in [0.15, 0.2) is 0 Å². The number of halogens is 3. The summed E-state index contributed by atoms with van der Waals surface area (Å²) in [5, 5.41) is 5.08. The summed E-state index contributed by atoms with van der Waals surface area (Å²) in [7, 11) is -6.08. The molecule has 0 amide bonds. The van der Waals surface area contributed by atoms with E-state index in [0.717, 1.165) is 32.1 Å². The molecule has 1 saturated heterocycles. The summed E-state index contributed by atoms with van der Waals surface area (Å²) in [5.41, 5.74) is -0.684. The second-order valence-corrected chi connectivity index (χ2v) is 9.34. The minimum Gasteiger partial charge on any atom is -0.396 e. The first-order valence-electron chi connectivity index (χ1n) is 7.83. The molecule has 5 rings (SSSR count). The van der Waals surface area contributed by atoms with Crippen LogP contribution in [0, 0.1) is 22.7 Å². The molecule has 0 radical (unpaired) electrons. The largest absolute Gasteiger partial charge is 0.423 e. The van der Waals surface area contributed by atoms with Crippen LogP contribution in [0.2, 0.25) is 0 Å². The van der Waals surface area contributed by atoms with Gasteiger partial charge in [0, 0.05) is 12.0 Å². The summed E-state index contributed by atoms with van der Waals surface area (Å²) in [6.45, 7) is 0.0485. The molecule has 0 aromatic heterocycles. The van der Waals surface area contributed by atoms with Gasteiger partial charge in [0.2, 0.25) is 6.29 Å². The van der Waals surface area contributed by atoms with E-state index in [2.05, 4.69) is 0 Å². The SMILES string of the molecule is O=S(=O)(F)C(F)(F)C1OC(C23CC4CC(CC(CO)(C4)C2)C3)O1. The van der Waals surface area contributed by atoms with Gasteiger partial charge in [-0.3, -0.25) is 0 Å². The third-order valence-electron chi connectivity index (χ3n) is 6.16. The highest BCUT2D eigenvalue weighted by molar-refractivity contribution is 7.87. The molecule has 5 aliphatic rings. The molecule has 1 aliphatic heterocycles. The predicted octanol–water partition coefficient (Wildman–Crippen LogP) is 2.16. The highest BCUT2D eigenvalue weighted by atomic mass is 32.3. The van der Waals surface area contributed by atoms with E-state index in [-0.39, 0.29) is 12.0 Å². The normalized spacial score (nSPS) is 49.2. The summed E-state index contributed by atoms with van der Waals surface area (Å²) >= 11 is 0. The average molecular weight is 356 g/mol. The van der Waals surface area contributed by atoms with E-state index in [4.69, 9.17) is 9.47 Å². The van der Waals surface area contributed by atoms with Crippen molar-refractivity contribution in [2.45, 2.75) is 56.4 Å². The first-order chi connectivity index (χ1) is 10.6. The van der Waals surface area contributed by atoms with Crippen LogP contribution >= 0.6 is 0 Å². The standard InChI is InChI=1S/C14H19F3O5S/c15-14(16,23(17,19)20)11-21-10(22-11)13-4-8-1-9(5-13)3-12(2-8,6-13)7-18/h8-11,18H,1-7H2. The lowest BCUT2D eigenvalue weighted by Crippen LogP contribution is -2.65. The molecule has 0 aromatic carbocycles. The van der Waals surface area contributed by atoms with E-state index < -0.39 is 33.5 Å². The van der Waals surface area contributed by atoms with Crippen LogP contribution in [-0.4, -0.2) is 38.0 Å². The molecular formula is C14H19F3O5S. The third kappa shape index (κ3) is 2.19. The minimum absolute atomic E-state index is 0.0485. The van der Waals surface area contributed by atoms with E-state index in [1.165, 1.54) is 0 Å². The average Bonchev–Trinajstić information content (AvgIpc) is 2.33. The van der Waals surface area contributed by atoms with Crippen LogP contribution in [0.4, 0.5) is 12.7 Å². The monoisotopic (exact) mass is 356 g/mol. The molecule has 4 saturated carbocycles. The number of hydrogen-bond acceptors (Lipinski definition) is 5. The van der Waals surface area contributed by atoms with Gasteiger partial charge in [-0.05, 0) is 55.8 Å². The predicted molar refractivity (Wildman–Crippen MR) is 71.4 cm³/mol. The highest BCUT2D eigenvalue weighted by Gasteiger charge is 2.68. The Bertz CT molecular complexity index is 602. The Kier molecular flexibility index (Phi) is 3.23. The van der Waals surface area contributed by atoms with Crippen molar-refractivity contribution in [2.24, 2.45) is 22.7 Å². The van der Waals surface area contributed by atoms with Gasteiger partial charge in [-0.1, -0.05) is 3.89 Å². The Morgan fingerprint density at radius 1 is 1.13 bits per heavy atom. The molecule has 0 spiro atoms. The quantitative estimate of drug-likeness (QED) is 0.782. The number of rotatable bonds is 4. The molecular weight excluding hydrogens is 337 g/mol. The van der Waals surface area contributed by atoms with Gasteiger partial charge in [0.15, 0.2) is 6.29 Å². The van der Waals surface area contributed by atoms with Crippen molar-refractivity contribution >= 4 is 10.2 Å². The van der Waals surface area contributed by atoms with E-state index in [0.29, 0.717) is 18.3 Å². The summed E-state index contributed by atoms with van der Waals surface area (Å²) in [6.07, 6.45) is 1.72. The Balaban J connectivity index is 1.53. The van der Waals surface area contributed by atoms with Crippen molar-refractivity contribution in [3.8, 4) is 0 Å². The molecule has 0 aromatic rings. The smallest absolute Gasteiger partial charge is 0.396 e. The van der Waals surface area contributed by atoms with Gasteiger partial charge in [0.1, 0.15) is 0 Å². The summed E-state index contributed by atoms with van der Waals surface area (Å²) < 4.78 is 70.6. The maximum atomic E-state index is 13.4. The van der Waals surface area contributed by atoms with Crippen molar-refractivity contribution < 1.29 is 35.7 Å². The van der Waals surface area contributed by atoms with E-state index >= 15 is 0 Å². The molecule has 9 heteroatoms. The first-order valence-corrected chi connectivity index (χ1v) is 9.21. The molecule has 5 fully saturated rings. The summed E-state index contributed by atoms with van der Waals surface area (Å²) in [6, 6.07) is 0. The maximum Gasteiger partial charge on any atom is 0.423 e. The number of alkyl halides is 2. The molecule has 2 unspecified atom stereocenters. The van der Waals surface area contributed by atoms with Gasteiger partial charge in [-0.2, -0.15) is 17.2 Å². The summed E-state index contributed by atoms with van der Waals surface area (Å²) in [4.78, 5) is 0. The number of hydrogen-bond donors (Lipinski definition) is 1. The topological polar surface area (TPSA) is 72.8 Å². The molecule has 5 nitrogen and oxygen atoms in total. The van der Waals surface area contributed by atoms with Crippen LogP contribution < -0.4 is 0 Å². The molecule has 4 bridgehead atoms. The lowest BCUT2D eigenvalue weighted by Gasteiger charge is -2.65. The molecule has 23 heavy (non-hydrogen) atoms. The van der Waals surface area contributed by atoms with Crippen LogP contribution in [0.3, 0.4) is 0 Å². The van der Waals surface area contributed by atoms with E-state index in [9.17, 15) is 26.2 Å².